The van der Waals surface area contributed by atoms with Crippen LogP contribution in [-0.4, -0.2) is 12.6 Å². The number of hydrogen-bond acceptors (Lipinski definition) is 2. The standard InChI is InChI=1S/C31H52O2/c1-7-19-33-29(32)23-15-17-30(5)24(20-23)11-12-25-27-14-13-26(22(4)10-8-9-21(2)3)31(27,6)18-16-28(25)30/h11,21-23,25-28H,7-10,12-20H2,1-6H3/t22-,23-,25-,26+,27+,28+,30+,31-/m0/s1. The third-order valence-corrected chi connectivity index (χ3v) is 11.1. The van der Waals surface area contributed by atoms with E-state index in [1.807, 2.05) is 0 Å². The van der Waals surface area contributed by atoms with E-state index in [4.69, 9.17) is 4.74 Å². The highest BCUT2D eigenvalue weighted by molar-refractivity contribution is 5.73. The normalized spacial score (nSPS) is 41.1. The van der Waals surface area contributed by atoms with Crippen molar-refractivity contribution in [3.63, 3.8) is 0 Å². The Morgan fingerprint density at radius 2 is 1.85 bits per heavy atom. The molecule has 0 bridgehead atoms. The lowest BCUT2D eigenvalue weighted by molar-refractivity contribution is -0.150. The second-order valence-corrected chi connectivity index (χ2v) is 13.4. The summed E-state index contributed by atoms with van der Waals surface area (Å²) in [5.41, 5.74) is 2.49. The highest BCUT2D eigenvalue weighted by Gasteiger charge is 2.59. The van der Waals surface area contributed by atoms with Gasteiger partial charge in [0.1, 0.15) is 0 Å². The molecule has 0 aromatic rings. The predicted octanol–water partition coefficient (Wildman–Crippen LogP) is 8.60. The van der Waals surface area contributed by atoms with Gasteiger partial charge in [-0.1, -0.05) is 72.5 Å². The summed E-state index contributed by atoms with van der Waals surface area (Å²) < 4.78 is 5.53. The van der Waals surface area contributed by atoms with E-state index < -0.39 is 0 Å². The molecule has 0 amide bonds. The number of carbonyl (C=O) groups is 1. The monoisotopic (exact) mass is 456 g/mol. The van der Waals surface area contributed by atoms with Crippen LogP contribution in [-0.2, 0) is 9.53 Å². The van der Waals surface area contributed by atoms with Crippen molar-refractivity contribution in [2.75, 3.05) is 6.61 Å². The molecule has 4 aliphatic carbocycles. The first-order valence-corrected chi connectivity index (χ1v) is 14.6. The lowest BCUT2D eigenvalue weighted by Crippen LogP contribution is -2.50. The summed E-state index contributed by atoms with van der Waals surface area (Å²) >= 11 is 0. The number of allylic oxidation sites excluding steroid dienone is 2. The van der Waals surface area contributed by atoms with E-state index in [2.05, 4.69) is 47.6 Å². The molecule has 8 atom stereocenters. The molecule has 3 saturated carbocycles. The van der Waals surface area contributed by atoms with Gasteiger partial charge in [-0.05, 0) is 104 Å². The molecule has 0 aromatic heterocycles. The average Bonchev–Trinajstić information content (AvgIpc) is 3.13. The van der Waals surface area contributed by atoms with Gasteiger partial charge < -0.3 is 4.74 Å². The Morgan fingerprint density at radius 1 is 1.06 bits per heavy atom. The first kappa shape index (κ1) is 25.3. The zero-order chi connectivity index (χ0) is 23.8. The van der Waals surface area contributed by atoms with Gasteiger partial charge in [-0.15, -0.1) is 0 Å². The van der Waals surface area contributed by atoms with Crippen LogP contribution in [0.1, 0.15) is 119 Å². The van der Waals surface area contributed by atoms with Crippen LogP contribution < -0.4 is 0 Å². The molecule has 0 unspecified atom stereocenters. The SMILES string of the molecule is CCCOC(=O)[C@H]1CC[C@]2(C)C(=CC[C@H]3[C@H]4CC[C@H]([C@@H](C)CCCC(C)C)[C@]4(C)CC[C@H]32)C1. The van der Waals surface area contributed by atoms with E-state index in [9.17, 15) is 4.79 Å². The molecule has 0 radical (unpaired) electrons. The maximum atomic E-state index is 12.6. The van der Waals surface area contributed by atoms with Gasteiger partial charge in [0, 0.05) is 0 Å². The highest BCUT2D eigenvalue weighted by Crippen LogP contribution is 2.67. The molecule has 188 valence electrons. The minimum absolute atomic E-state index is 0.0585. The van der Waals surface area contributed by atoms with Gasteiger partial charge in [0.05, 0.1) is 12.5 Å². The fourth-order valence-electron chi connectivity index (χ4n) is 9.21. The zero-order valence-corrected chi connectivity index (χ0v) is 22.6. The fourth-order valence-corrected chi connectivity index (χ4v) is 9.21. The van der Waals surface area contributed by atoms with Crippen LogP contribution in [0.3, 0.4) is 0 Å². The van der Waals surface area contributed by atoms with Gasteiger partial charge in [0.15, 0.2) is 0 Å². The number of rotatable bonds is 8. The number of hydrogen-bond donors (Lipinski definition) is 0. The van der Waals surface area contributed by atoms with Gasteiger partial charge >= 0.3 is 5.97 Å². The van der Waals surface area contributed by atoms with Crippen molar-refractivity contribution in [2.24, 2.45) is 52.3 Å². The van der Waals surface area contributed by atoms with Gasteiger partial charge in [0.2, 0.25) is 0 Å². The summed E-state index contributed by atoms with van der Waals surface area (Å²) in [5, 5.41) is 0. The van der Waals surface area contributed by atoms with Crippen LogP contribution in [0.15, 0.2) is 11.6 Å². The number of ether oxygens (including phenoxy) is 1. The van der Waals surface area contributed by atoms with Crippen LogP contribution in [0.4, 0.5) is 0 Å². The Kier molecular flexibility index (Phi) is 7.72. The van der Waals surface area contributed by atoms with Gasteiger partial charge in [-0.3, -0.25) is 4.79 Å². The maximum absolute atomic E-state index is 12.6. The summed E-state index contributed by atoms with van der Waals surface area (Å²) in [6.07, 6.45) is 17.9. The topological polar surface area (TPSA) is 26.3 Å². The van der Waals surface area contributed by atoms with Crippen LogP contribution in [0, 0.1) is 52.3 Å². The van der Waals surface area contributed by atoms with Crippen LogP contribution in [0.5, 0.6) is 0 Å². The molecule has 0 saturated heterocycles. The Labute approximate surface area is 204 Å². The molecular formula is C31H52O2. The molecule has 2 nitrogen and oxygen atoms in total. The summed E-state index contributed by atoms with van der Waals surface area (Å²) in [6, 6.07) is 0. The van der Waals surface area contributed by atoms with Crippen molar-refractivity contribution in [3.8, 4) is 0 Å². The first-order valence-electron chi connectivity index (χ1n) is 14.6. The molecule has 33 heavy (non-hydrogen) atoms. The van der Waals surface area contributed by atoms with Crippen molar-refractivity contribution in [1.82, 2.24) is 0 Å². The van der Waals surface area contributed by atoms with Crippen molar-refractivity contribution in [1.29, 1.82) is 0 Å². The van der Waals surface area contributed by atoms with Crippen LogP contribution >= 0.6 is 0 Å². The fraction of sp³-hybridized carbons (Fsp3) is 0.903. The second kappa shape index (κ2) is 10.1. The molecule has 0 aromatic carbocycles. The van der Waals surface area contributed by atoms with Crippen molar-refractivity contribution in [2.45, 2.75) is 119 Å². The molecule has 3 fully saturated rings. The Bertz CT molecular complexity index is 722. The Balaban J connectivity index is 1.45. The van der Waals surface area contributed by atoms with Crippen molar-refractivity contribution < 1.29 is 9.53 Å². The number of esters is 1. The number of fused-ring (bicyclic) bond motifs is 5. The summed E-state index contributed by atoms with van der Waals surface area (Å²) in [5.74, 6) is 5.42. The molecule has 0 spiro atoms. The number of carbonyl (C=O) groups excluding carboxylic acids is 1. The van der Waals surface area contributed by atoms with Gasteiger partial charge in [0.25, 0.3) is 0 Å². The third kappa shape index (κ3) is 4.71. The quantitative estimate of drug-likeness (QED) is 0.270. The zero-order valence-electron chi connectivity index (χ0n) is 22.6. The molecule has 0 heterocycles. The third-order valence-electron chi connectivity index (χ3n) is 11.1. The molecule has 4 rings (SSSR count). The molecular weight excluding hydrogens is 404 g/mol. The lowest BCUT2D eigenvalue weighted by atomic mass is 9.46. The van der Waals surface area contributed by atoms with Gasteiger partial charge in [-0.25, -0.2) is 0 Å². The Morgan fingerprint density at radius 3 is 2.58 bits per heavy atom. The summed E-state index contributed by atoms with van der Waals surface area (Å²) in [6.45, 7) is 15.2. The van der Waals surface area contributed by atoms with E-state index >= 15 is 0 Å². The molecule has 0 aliphatic heterocycles. The lowest BCUT2D eigenvalue weighted by Gasteiger charge is -2.58. The van der Waals surface area contributed by atoms with Crippen molar-refractivity contribution in [3.05, 3.63) is 11.6 Å². The maximum Gasteiger partial charge on any atom is 0.309 e. The van der Waals surface area contributed by atoms with Crippen molar-refractivity contribution >= 4 is 5.97 Å². The van der Waals surface area contributed by atoms with Gasteiger partial charge in [-0.2, -0.15) is 0 Å². The summed E-state index contributed by atoms with van der Waals surface area (Å²) in [7, 11) is 0. The van der Waals surface area contributed by atoms with E-state index in [1.165, 1.54) is 57.8 Å². The average molecular weight is 457 g/mol. The smallest absolute Gasteiger partial charge is 0.309 e. The minimum atomic E-state index is 0.0585. The van der Waals surface area contributed by atoms with E-state index in [0.717, 1.165) is 54.8 Å². The van der Waals surface area contributed by atoms with Crippen LogP contribution in [0.25, 0.3) is 0 Å². The molecule has 2 heteroatoms. The second-order valence-electron chi connectivity index (χ2n) is 13.4. The van der Waals surface area contributed by atoms with E-state index in [-0.39, 0.29) is 11.9 Å². The van der Waals surface area contributed by atoms with E-state index in [0.29, 0.717) is 17.4 Å². The molecule has 0 N–H and O–H groups in total. The first-order chi connectivity index (χ1) is 15.7. The predicted molar refractivity (Wildman–Crippen MR) is 138 cm³/mol. The van der Waals surface area contributed by atoms with Crippen LogP contribution in [0.2, 0.25) is 0 Å². The largest absolute Gasteiger partial charge is 0.465 e. The highest BCUT2D eigenvalue weighted by atomic mass is 16.5. The Hall–Kier alpha value is -0.790. The minimum Gasteiger partial charge on any atom is -0.465 e. The summed E-state index contributed by atoms with van der Waals surface area (Å²) in [4.78, 5) is 12.6. The molecule has 4 aliphatic rings. The van der Waals surface area contributed by atoms with E-state index in [1.54, 1.807) is 5.57 Å².